The number of nitrogens with one attached hydrogen (secondary N) is 1. The predicted molar refractivity (Wildman–Crippen MR) is 105 cm³/mol. The Morgan fingerprint density at radius 1 is 0.889 bits per heavy atom. The lowest BCUT2D eigenvalue weighted by molar-refractivity contribution is 0.0635. The second-order valence-electron chi connectivity index (χ2n) is 6.65. The molecule has 2 amide bonds. The molecule has 0 aliphatic rings. The van der Waals surface area contributed by atoms with E-state index in [1.165, 1.54) is 0 Å². The summed E-state index contributed by atoms with van der Waals surface area (Å²) in [5.41, 5.74) is 7.21. The average Bonchev–Trinajstić information content (AvgIpc) is 2.59. The molecule has 0 saturated heterocycles. The molecule has 136 valence electrons. The highest BCUT2D eigenvalue weighted by molar-refractivity contribution is 5.92. The number of hydrogen-bond donors (Lipinski definition) is 2. The van der Waals surface area contributed by atoms with Gasteiger partial charge < -0.3 is 10.5 Å². The maximum absolute atomic E-state index is 11.7. The monoisotopic (exact) mass is 360 g/mol. The Morgan fingerprint density at radius 2 is 1.37 bits per heavy atom. The third-order valence-electron chi connectivity index (χ3n) is 3.18. The van der Waals surface area contributed by atoms with Crippen molar-refractivity contribution in [2.45, 2.75) is 26.4 Å². The third-order valence-corrected chi connectivity index (χ3v) is 3.18. The summed E-state index contributed by atoms with van der Waals surface area (Å²) in [4.78, 5) is 22.7. The van der Waals surface area contributed by atoms with Gasteiger partial charge in [0.1, 0.15) is 5.60 Å². The van der Waals surface area contributed by atoms with Gasteiger partial charge in [-0.15, -0.1) is 0 Å². The van der Waals surface area contributed by atoms with Crippen LogP contribution in [0.1, 0.15) is 42.3 Å². The summed E-state index contributed by atoms with van der Waals surface area (Å²) in [5.74, 6) is 10.9. The van der Waals surface area contributed by atoms with Crippen LogP contribution in [0.3, 0.4) is 0 Å². The Bertz CT molecular complexity index is 946. The lowest BCUT2D eigenvalue weighted by Gasteiger charge is -2.19. The molecule has 0 aliphatic heterocycles. The summed E-state index contributed by atoms with van der Waals surface area (Å²) in [6.07, 6.45) is -0.505. The summed E-state index contributed by atoms with van der Waals surface area (Å²) in [7, 11) is 0. The van der Waals surface area contributed by atoms with Crippen LogP contribution in [-0.2, 0) is 4.74 Å². The van der Waals surface area contributed by atoms with Gasteiger partial charge in [0.2, 0.25) is 5.91 Å². The fourth-order valence-corrected chi connectivity index (χ4v) is 1.98. The van der Waals surface area contributed by atoms with Crippen LogP contribution in [0.4, 0.5) is 10.5 Å². The Kier molecular flexibility index (Phi) is 6.25. The molecular formula is C22H20N2O3. The molecule has 0 fully saturated rings. The van der Waals surface area contributed by atoms with Gasteiger partial charge in [-0.25, -0.2) is 4.79 Å². The topological polar surface area (TPSA) is 81.4 Å². The minimum Gasteiger partial charge on any atom is -0.444 e. The molecule has 0 atom stereocenters. The standard InChI is InChI=1S/C22H20N2O3/c1-22(2,3)27-21(26)24-19-14-10-17(11-15-19)7-5-4-6-16-8-12-18(13-9-16)20(23)25/h8-15H,1-3H3,(H2,23,25)(H,24,26). The molecule has 5 nitrogen and oxygen atoms in total. The first kappa shape index (κ1) is 19.6. The largest absolute Gasteiger partial charge is 0.444 e. The van der Waals surface area contributed by atoms with Crippen LogP contribution in [0.2, 0.25) is 0 Å². The van der Waals surface area contributed by atoms with Gasteiger partial charge in [-0.1, -0.05) is 11.8 Å². The summed E-state index contributed by atoms with van der Waals surface area (Å²) in [6, 6.07) is 13.7. The van der Waals surface area contributed by atoms with Gasteiger partial charge in [0.05, 0.1) is 0 Å². The number of amides is 2. The molecule has 0 aliphatic carbocycles. The SMILES string of the molecule is CC(C)(C)OC(=O)Nc1ccc(C#CC#Cc2ccc(C(N)=O)cc2)cc1. The summed E-state index contributed by atoms with van der Waals surface area (Å²) in [6.45, 7) is 5.41. The van der Waals surface area contributed by atoms with Crippen molar-refractivity contribution < 1.29 is 14.3 Å². The highest BCUT2D eigenvalue weighted by Gasteiger charge is 2.15. The van der Waals surface area contributed by atoms with E-state index >= 15 is 0 Å². The number of primary amides is 1. The number of ether oxygens (including phenoxy) is 1. The Hall–Kier alpha value is -3.70. The van der Waals surface area contributed by atoms with Crippen LogP contribution in [0.5, 0.6) is 0 Å². The van der Waals surface area contributed by atoms with Crippen LogP contribution in [0.25, 0.3) is 0 Å². The molecule has 0 unspecified atom stereocenters. The maximum Gasteiger partial charge on any atom is 0.412 e. The molecule has 2 aromatic rings. The molecule has 27 heavy (non-hydrogen) atoms. The van der Waals surface area contributed by atoms with Gasteiger partial charge >= 0.3 is 6.09 Å². The average molecular weight is 360 g/mol. The van der Waals surface area contributed by atoms with E-state index in [4.69, 9.17) is 10.5 Å². The first-order valence-corrected chi connectivity index (χ1v) is 8.25. The normalized spacial score (nSPS) is 9.89. The number of anilines is 1. The summed E-state index contributed by atoms with van der Waals surface area (Å²) >= 11 is 0. The second kappa shape index (κ2) is 8.60. The van der Waals surface area contributed by atoms with Gasteiger partial charge in [-0.3, -0.25) is 10.1 Å². The zero-order valence-electron chi connectivity index (χ0n) is 15.4. The molecule has 0 aromatic heterocycles. The predicted octanol–water partition coefficient (Wildman–Crippen LogP) is 3.54. The van der Waals surface area contributed by atoms with Crippen molar-refractivity contribution in [3.05, 3.63) is 65.2 Å². The molecule has 0 radical (unpaired) electrons. The van der Waals surface area contributed by atoms with Crippen molar-refractivity contribution in [1.29, 1.82) is 0 Å². The van der Waals surface area contributed by atoms with Gasteiger partial charge in [0, 0.05) is 22.4 Å². The number of carbonyl (C=O) groups excluding carboxylic acids is 2. The van der Waals surface area contributed by atoms with Crippen LogP contribution in [-0.4, -0.2) is 17.6 Å². The molecule has 0 heterocycles. The molecule has 3 N–H and O–H groups in total. The lowest BCUT2D eigenvalue weighted by Crippen LogP contribution is -2.27. The van der Waals surface area contributed by atoms with Crippen molar-refractivity contribution >= 4 is 17.7 Å². The van der Waals surface area contributed by atoms with Crippen molar-refractivity contribution in [3.63, 3.8) is 0 Å². The number of nitrogens with two attached hydrogens (primary N) is 1. The van der Waals surface area contributed by atoms with E-state index < -0.39 is 17.6 Å². The number of rotatable bonds is 2. The minimum atomic E-state index is -0.547. The van der Waals surface area contributed by atoms with Crippen molar-refractivity contribution in [3.8, 4) is 23.7 Å². The Balaban J connectivity index is 1.96. The van der Waals surface area contributed by atoms with E-state index in [2.05, 4.69) is 29.0 Å². The number of benzene rings is 2. The first-order valence-electron chi connectivity index (χ1n) is 8.25. The van der Waals surface area contributed by atoms with Crippen molar-refractivity contribution in [1.82, 2.24) is 0 Å². The van der Waals surface area contributed by atoms with Crippen LogP contribution < -0.4 is 11.1 Å². The van der Waals surface area contributed by atoms with Crippen LogP contribution in [0.15, 0.2) is 48.5 Å². The zero-order chi connectivity index (χ0) is 19.9. The third kappa shape index (κ3) is 6.97. The van der Waals surface area contributed by atoms with Crippen molar-refractivity contribution in [2.24, 2.45) is 5.73 Å². The second-order valence-corrected chi connectivity index (χ2v) is 6.65. The maximum atomic E-state index is 11.7. The molecule has 5 heteroatoms. The fraction of sp³-hybridized carbons (Fsp3) is 0.182. The van der Waals surface area contributed by atoms with Gasteiger partial charge in [0.25, 0.3) is 0 Å². The summed E-state index contributed by atoms with van der Waals surface area (Å²) < 4.78 is 5.19. The van der Waals surface area contributed by atoms with Crippen LogP contribution >= 0.6 is 0 Å². The van der Waals surface area contributed by atoms with E-state index in [-0.39, 0.29) is 0 Å². The van der Waals surface area contributed by atoms with E-state index in [0.29, 0.717) is 11.3 Å². The minimum absolute atomic E-state index is 0.437. The Labute approximate surface area is 158 Å². The van der Waals surface area contributed by atoms with Gasteiger partial charge in [-0.2, -0.15) is 0 Å². The zero-order valence-corrected chi connectivity index (χ0v) is 15.4. The Morgan fingerprint density at radius 3 is 1.81 bits per heavy atom. The number of carbonyl (C=O) groups is 2. The molecule has 2 aromatic carbocycles. The summed E-state index contributed by atoms with van der Waals surface area (Å²) in [5, 5.41) is 2.66. The highest BCUT2D eigenvalue weighted by Crippen LogP contribution is 2.12. The van der Waals surface area contributed by atoms with E-state index in [1.807, 2.05) is 0 Å². The molecule has 2 rings (SSSR count). The lowest BCUT2D eigenvalue weighted by atomic mass is 10.1. The van der Waals surface area contributed by atoms with Crippen molar-refractivity contribution in [2.75, 3.05) is 5.32 Å². The smallest absolute Gasteiger partial charge is 0.412 e. The fourth-order valence-electron chi connectivity index (χ4n) is 1.98. The van der Waals surface area contributed by atoms with Crippen LogP contribution in [0, 0.1) is 23.7 Å². The highest BCUT2D eigenvalue weighted by atomic mass is 16.6. The number of hydrogen-bond acceptors (Lipinski definition) is 3. The quantitative estimate of drug-likeness (QED) is 0.804. The molecule has 0 saturated carbocycles. The van der Waals surface area contributed by atoms with E-state index in [0.717, 1.165) is 11.1 Å². The molecule has 0 bridgehead atoms. The molecule has 0 spiro atoms. The van der Waals surface area contributed by atoms with E-state index in [9.17, 15) is 9.59 Å². The van der Waals surface area contributed by atoms with Gasteiger partial charge in [0.15, 0.2) is 0 Å². The molecular weight excluding hydrogens is 340 g/mol. The first-order chi connectivity index (χ1) is 12.7. The van der Waals surface area contributed by atoms with Gasteiger partial charge in [-0.05, 0) is 81.1 Å². The van der Waals surface area contributed by atoms with E-state index in [1.54, 1.807) is 69.3 Å².